The van der Waals surface area contributed by atoms with Crippen LogP contribution in [0.25, 0.3) is 55.2 Å². The van der Waals surface area contributed by atoms with E-state index in [0.29, 0.717) is 16.8 Å². The van der Waals surface area contributed by atoms with Gasteiger partial charge in [-0.05, 0) is 125 Å². The Morgan fingerprint density at radius 2 is 1.58 bits per heavy atom. The van der Waals surface area contributed by atoms with Crippen molar-refractivity contribution in [1.29, 1.82) is 0 Å². The van der Waals surface area contributed by atoms with Crippen LogP contribution in [0.2, 0.25) is 0 Å². The Hall–Kier alpha value is -4.11. The van der Waals surface area contributed by atoms with E-state index in [4.69, 9.17) is 16.8 Å². The van der Waals surface area contributed by atoms with Crippen molar-refractivity contribution in [3.63, 3.8) is 0 Å². The summed E-state index contributed by atoms with van der Waals surface area (Å²) in [7, 11) is 0. The van der Waals surface area contributed by atoms with Crippen molar-refractivity contribution in [2.75, 3.05) is 0 Å². The van der Waals surface area contributed by atoms with E-state index >= 15 is 0 Å². The minimum absolute atomic E-state index is 0. The molecular weight excluding hydrogens is 873 g/mol. The van der Waals surface area contributed by atoms with Gasteiger partial charge in [-0.3, -0.25) is 0 Å². The van der Waals surface area contributed by atoms with E-state index in [9.17, 15) is 0 Å². The summed E-state index contributed by atoms with van der Waals surface area (Å²) < 4.78 is 84.1. The molecule has 4 aromatic carbocycles. The molecule has 9 rings (SSSR count). The third-order valence-electron chi connectivity index (χ3n) is 11.3. The molecule has 1 atom stereocenters. The molecule has 4 heteroatoms. The van der Waals surface area contributed by atoms with Crippen molar-refractivity contribution in [3.8, 4) is 22.5 Å². The maximum Gasteiger partial charge on any atom is 0.128 e. The van der Waals surface area contributed by atoms with Crippen molar-refractivity contribution in [2.24, 2.45) is 22.7 Å². The van der Waals surface area contributed by atoms with Crippen LogP contribution >= 0.6 is 0 Å². The Morgan fingerprint density at radius 1 is 0.825 bits per heavy atom. The Morgan fingerprint density at radius 3 is 2.30 bits per heavy atom. The van der Waals surface area contributed by atoms with Crippen LogP contribution < -0.4 is 0 Å². The topological polar surface area (TPSA) is 38.9 Å². The maximum atomic E-state index is 9.10. The quantitative estimate of drug-likeness (QED) is 0.165. The molecule has 297 valence electrons. The van der Waals surface area contributed by atoms with Gasteiger partial charge in [0.1, 0.15) is 5.58 Å². The Balaban J connectivity index is 0.000000194. The molecule has 0 spiro atoms. The van der Waals surface area contributed by atoms with E-state index in [1.807, 2.05) is 39.0 Å². The van der Waals surface area contributed by atoms with Crippen LogP contribution in [0.15, 0.2) is 95.7 Å². The van der Waals surface area contributed by atoms with E-state index in [1.165, 1.54) is 11.8 Å². The van der Waals surface area contributed by atoms with Gasteiger partial charge in [-0.15, -0.1) is 54.1 Å². The number of fused-ring (bicyclic) bond motifs is 6. The summed E-state index contributed by atoms with van der Waals surface area (Å²) in [6.45, 7) is 14.2. The minimum atomic E-state index is -2.58. The van der Waals surface area contributed by atoms with Gasteiger partial charge >= 0.3 is 0 Å². The molecule has 0 saturated heterocycles. The largest absolute Gasteiger partial charge is 0.500 e. The third kappa shape index (κ3) is 8.69. The first-order chi connectivity index (χ1) is 30.1. The van der Waals surface area contributed by atoms with Crippen molar-refractivity contribution in [3.05, 3.63) is 131 Å². The third-order valence-corrected chi connectivity index (χ3v) is 11.3. The number of pyridine rings is 2. The second-order valence-electron chi connectivity index (χ2n) is 18.4. The van der Waals surface area contributed by atoms with Gasteiger partial charge in [0.2, 0.25) is 0 Å². The van der Waals surface area contributed by atoms with E-state index in [0.717, 1.165) is 64.0 Å². The van der Waals surface area contributed by atoms with E-state index in [1.54, 1.807) is 36.5 Å². The van der Waals surface area contributed by atoms with Crippen LogP contribution in [0.5, 0.6) is 0 Å². The smallest absolute Gasteiger partial charge is 0.128 e. The fourth-order valence-electron chi connectivity index (χ4n) is 8.14. The number of rotatable bonds is 4. The van der Waals surface area contributed by atoms with Gasteiger partial charge in [-0.2, -0.15) is 0 Å². The van der Waals surface area contributed by atoms with Crippen LogP contribution in [0.3, 0.4) is 0 Å². The zero-order valence-electron chi connectivity index (χ0n) is 43.3. The molecule has 3 heterocycles. The van der Waals surface area contributed by atoms with Crippen LogP contribution in [0.1, 0.15) is 121 Å². The molecule has 2 aliphatic carbocycles. The predicted molar refractivity (Wildman–Crippen MR) is 235 cm³/mol. The number of hydrogen-bond donors (Lipinski definition) is 0. The fourth-order valence-corrected chi connectivity index (χ4v) is 8.14. The number of furan rings is 1. The van der Waals surface area contributed by atoms with Crippen LogP contribution in [0.4, 0.5) is 0 Å². The number of nitrogens with zero attached hydrogens (tertiary/aromatic N) is 2. The number of benzene rings is 4. The summed E-state index contributed by atoms with van der Waals surface area (Å²) in [6.07, 6.45) is 0.491. The zero-order chi connectivity index (χ0) is 47.3. The summed E-state index contributed by atoms with van der Waals surface area (Å²) in [5.74, 6) is -1.12. The van der Waals surface area contributed by atoms with Crippen molar-refractivity contribution >= 4 is 32.7 Å². The standard InChI is InChI=1S/C30H30NO.C23H28N.Ir/c1-29(2,3)18-19-14-15-31-26(16-19)24-9-7-8-22-23-13-11-20-10-12-21(30(4,5)6)17-25(20)28(23)32-27(22)24;1-16-15-24-22(18-7-5-4-6-8-18)21-14-19(13-20(16)21)17-9-11-23(2,3)12-10-17;/h7-8,10-17H,18H2,1-6H3;4-7,15,17,19H,9-14H2,1-3H3;/q2*-1;/i18D2;1D3,13D2,14D2;. The molecule has 1 radical (unpaired) electrons. The number of aryl methyl sites for hydroxylation is 1. The van der Waals surface area contributed by atoms with Crippen LogP contribution in [0, 0.1) is 41.7 Å². The SMILES string of the molecule is [2H]C([2H])([2H])c1cnc(-c2[c-]cccc2)c2c1C([2H])([2H])C(C1CCC(C)(C)CC1)C2([2H])[2H].[2H]C([2H])(c1ccnc(-c2[c-]ccc3c2oc2c4cc(C(C)(C)C)ccc4ccc32)c1)C(C)(C)C.[Ir]. The molecule has 0 N–H and O–H groups in total. The van der Waals surface area contributed by atoms with Gasteiger partial charge in [-0.1, -0.05) is 108 Å². The second-order valence-corrected chi connectivity index (χ2v) is 18.4. The molecule has 1 fully saturated rings. The van der Waals surface area contributed by atoms with Crippen molar-refractivity contribution < 1.29 is 36.9 Å². The minimum Gasteiger partial charge on any atom is -0.500 e. The summed E-state index contributed by atoms with van der Waals surface area (Å²) in [6, 6.07) is 31.8. The van der Waals surface area contributed by atoms with Crippen LogP contribution in [-0.4, -0.2) is 9.97 Å². The Labute approximate surface area is 367 Å². The summed E-state index contributed by atoms with van der Waals surface area (Å²) in [5.41, 5.74) is 5.22. The molecule has 1 unspecified atom stereocenters. The van der Waals surface area contributed by atoms with Gasteiger partial charge < -0.3 is 14.4 Å². The molecular formula is C53H58IrN2O-2. The monoisotopic (exact) mass is 940 g/mol. The maximum absolute atomic E-state index is 9.10. The summed E-state index contributed by atoms with van der Waals surface area (Å²) in [5, 5.41) is 4.31. The van der Waals surface area contributed by atoms with Crippen LogP contribution in [-0.2, 0) is 44.6 Å². The van der Waals surface area contributed by atoms with E-state index in [2.05, 4.69) is 87.1 Å². The number of hydrogen-bond acceptors (Lipinski definition) is 3. The number of aromatic nitrogens is 2. The van der Waals surface area contributed by atoms with Gasteiger partial charge in [0.15, 0.2) is 0 Å². The average Bonchev–Trinajstić information content (AvgIpc) is 3.70. The summed E-state index contributed by atoms with van der Waals surface area (Å²) in [4.78, 5) is 8.93. The zero-order valence-corrected chi connectivity index (χ0v) is 36.7. The molecule has 0 amide bonds. The second kappa shape index (κ2) is 15.9. The molecule has 57 heavy (non-hydrogen) atoms. The first-order valence-corrected chi connectivity index (χ1v) is 19.9. The molecule has 3 aromatic heterocycles. The molecule has 7 aromatic rings. The molecule has 1 saturated carbocycles. The van der Waals surface area contributed by atoms with Gasteiger partial charge in [-0.25, -0.2) is 0 Å². The summed E-state index contributed by atoms with van der Waals surface area (Å²) >= 11 is 0. The molecule has 2 aliphatic rings. The first-order valence-electron chi connectivity index (χ1n) is 24.4. The molecule has 0 aliphatic heterocycles. The van der Waals surface area contributed by atoms with Crippen molar-refractivity contribution in [2.45, 2.75) is 112 Å². The Bertz CT molecular complexity index is 2920. The molecule has 0 bridgehead atoms. The van der Waals surface area contributed by atoms with Crippen molar-refractivity contribution in [1.82, 2.24) is 9.97 Å². The normalized spacial score (nSPS) is 21.5. The molecule has 3 nitrogen and oxygen atoms in total. The van der Waals surface area contributed by atoms with E-state index in [-0.39, 0.29) is 59.2 Å². The Kier molecular flexibility index (Phi) is 8.63. The average molecular weight is 940 g/mol. The predicted octanol–water partition coefficient (Wildman–Crippen LogP) is 14.3. The van der Waals surface area contributed by atoms with Gasteiger partial charge in [0.25, 0.3) is 0 Å². The van der Waals surface area contributed by atoms with E-state index < -0.39 is 37.3 Å². The first kappa shape index (κ1) is 30.9. The van der Waals surface area contributed by atoms with Gasteiger partial charge in [0, 0.05) is 55.6 Å². The van der Waals surface area contributed by atoms with Gasteiger partial charge in [0.05, 0.1) is 5.58 Å². The fraction of sp³-hybridized carbons (Fsp3) is 0.396.